The van der Waals surface area contributed by atoms with E-state index in [1.807, 2.05) is 25.1 Å². The highest BCUT2D eigenvalue weighted by Gasteiger charge is 2.10. The minimum absolute atomic E-state index is 0.151. The van der Waals surface area contributed by atoms with Gasteiger partial charge in [0.1, 0.15) is 6.61 Å². The molecule has 3 N–H and O–H groups in total. The Kier molecular flexibility index (Phi) is 9.73. The number of nitrogens with one attached hydrogen (secondary N) is 2. The standard InChI is InChI=1S/C20H26Cl2N2O3/c1-2-26-20-12-15(13-24-9-8-23-10-11-25)6-7-19(20)27-14-16-17(21)4-3-5-18(16)22/h3-7,12,23-25H,2,8-11,13-14H2,1H3. The van der Waals surface area contributed by atoms with E-state index < -0.39 is 0 Å². The molecule has 0 aliphatic rings. The first-order chi connectivity index (χ1) is 13.2. The fourth-order valence-electron chi connectivity index (χ4n) is 2.48. The van der Waals surface area contributed by atoms with Crippen LogP contribution in [0, 0.1) is 0 Å². The minimum Gasteiger partial charge on any atom is -0.490 e. The first kappa shape index (κ1) is 21.8. The molecule has 0 aliphatic heterocycles. The molecule has 0 saturated heterocycles. The monoisotopic (exact) mass is 412 g/mol. The van der Waals surface area contributed by atoms with Gasteiger partial charge in [0, 0.05) is 41.8 Å². The summed E-state index contributed by atoms with van der Waals surface area (Å²) in [5.41, 5.74) is 1.85. The van der Waals surface area contributed by atoms with Gasteiger partial charge < -0.3 is 25.2 Å². The van der Waals surface area contributed by atoms with Gasteiger partial charge in [-0.15, -0.1) is 0 Å². The van der Waals surface area contributed by atoms with Crippen molar-refractivity contribution in [2.75, 3.05) is 32.8 Å². The van der Waals surface area contributed by atoms with Gasteiger partial charge in [0.2, 0.25) is 0 Å². The van der Waals surface area contributed by atoms with E-state index in [1.165, 1.54) is 0 Å². The highest BCUT2D eigenvalue weighted by atomic mass is 35.5. The van der Waals surface area contributed by atoms with Crippen molar-refractivity contribution in [1.82, 2.24) is 10.6 Å². The van der Waals surface area contributed by atoms with Crippen molar-refractivity contribution < 1.29 is 14.6 Å². The van der Waals surface area contributed by atoms with Crippen molar-refractivity contribution in [3.05, 3.63) is 57.6 Å². The van der Waals surface area contributed by atoms with Crippen LogP contribution in [0.5, 0.6) is 11.5 Å². The molecule has 2 aromatic rings. The summed E-state index contributed by atoms with van der Waals surface area (Å²) in [7, 11) is 0. The lowest BCUT2D eigenvalue weighted by molar-refractivity contribution is 0.269. The number of hydrogen-bond acceptors (Lipinski definition) is 5. The average molecular weight is 413 g/mol. The Morgan fingerprint density at radius 2 is 1.67 bits per heavy atom. The normalized spacial score (nSPS) is 10.8. The van der Waals surface area contributed by atoms with Gasteiger partial charge in [-0.2, -0.15) is 0 Å². The number of hydrogen-bond donors (Lipinski definition) is 3. The fourth-order valence-corrected chi connectivity index (χ4v) is 2.99. The van der Waals surface area contributed by atoms with Crippen LogP contribution >= 0.6 is 23.2 Å². The molecule has 7 heteroatoms. The van der Waals surface area contributed by atoms with E-state index in [1.54, 1.807) is 18.2 Å². The van der Waals surface area contributed by atoms with Crippen molar-refractivity contribution in [3.63, 3.8) is 0 Å². The van der Waals surface area contributed by atoms with Crippen LogP contribution in [0.15, 0.2) is 36.4 Å². The third-order valence-electron chi connectivity index (χ3n) is 3.84. The molecule has 0 bridgehead atoms. The fraction of sp³-hybridized carbons (Fsp3) is 0.400. The van der Waals surface area contributed by atoms with Crippen LogP contribution in [-0.2, 0) is 13.2 Å². The number of benzene rings is 2. The molecular formula is C20H26Cl2N2O3. The van der Waals surface area contributed by atoms with E-state index in [2.05, 4.69) is 10.6 Å². The van der Waals surface area contributed by atoms with Crippen molar-refractivity contribution in [1.29, 1.82) is 0 Å². The Hall–Kier alpha value is -1.50. The lowest BCUT2D eigenvalue weighted by Gasteiger charge is -2.15. The number of aliphatic hydroxyl groups is 1. The van der Waals surface area contributed by atoms with Crippen LogP contribution < -0.4 is 20.1 Å². The molecule has 2 rings (SSSR count). The molecule has 0 saturated carbocycles. The zero-order valence-electron chi connectivity index (χ0n) is 15.4. The molecule has 0 aromatic heterocycles. The van der Waals surface area contributed by atoms with Crippen LogP contribution in [0.3, 0.4) is 0 Å². The summed E-state index contributed by atoms with van der Waals surface area (Å²) < 4.78 is 11.6. The lowest BCUT2D eigenvalue weighted by atomic mass is 10.2. The van der Waals surface area contributed by atoms with Gasteiger partial charge in [-0.3, -0.25) is 0 Å². The Balaban J connectivity index is 1.96. The predicted molar refractivity (Wildman–Crippen MR) is 110 cm³/mol. The van der Waals surface area contributed by atoms with Crippen LogP contribution in [0.25, 0.3) is 0 Å². The first-order valence-electron chi connectivity index (χ1n) is 8.99. The second kappa shape index (κ2) is 12.1. The molecule has 0 amide bonds. The molecular weight excluding hydrogens is 387 g/mol. The van der Waals surface area contributed by atoms with E-state index in [4.69, 9.17) is 37.8 Å². The third-order valence-corrected chi connectivity index (χ3v) is 4.55. The molecule has 0 fully saturated rings. The molecule has 0 spiro atoms. The van der Waals surface area contributed by atoms with E-state index in [0.717, 1.165) is 30.8 Å². The zero-order valence-corrected chi connectivity index (χ0v) is 16.9. The third kappa shape index (κ3) is 7.20. The van der Waals surface area contributed by atoms with E-state index in [0.29, 0.717) is 34.7 Å². The number of halogens is 2. The summed E-state index contributed by atoms with van der Waals surface area (Å²) in [5, 5.41) is 16.4. The zero-order chi connectivity index (χ0) is 19.5. The molecule has 27 heavy (non-hydrogen) atoms. The van der Waals surface area contributed by atoms with Crippen molar-refractivity contribution in [2.24, 2.45) is 0 Å². The Bertz CT molecular complexity index is 693. The van der Waals surface area contributed by atoms with E-state index in [-0.39, 0.29) is 13.2 Å². The largest absolute Gasteiger partial charge is 0.490 e. The Labute approximate surface area is 170 Å². The Morgan fingerprint density at radius 1 is 0.926 bits per heavy atom. The quantitative estimate of drug-likeness (QED) is 0.464. The summed E-state index contributed by atoms with van der Waals surface area (Å²) >= 11 is 12.4. The highest BCUT2D eigenvalue weighted by molar-refractivity contribution is 6.35. The van der Waals surface area contributed by atoms with Crippen molar-refractivity contribution >= 4 is 23.2 Å². The predicted octanol–water partition coefficient (Wildman–Crippen LogP) is 3.64. The highest BCUT2D eigenvalue weighted by Crippen LogP contribution is 2.31. The molecule has 0 unspecified atom stereocenters. The van der Waals surface area contributed by atoms with Gasteiger partial charge in [-0.05, 0) is 36.8 Å². The van der Waals surface area contributed by atoms with Crippen molar-refractivity contribution in [3.8, 4) is 11.5 Å². The van der Waals surface area contributed by atoms with Gasteiger partial charge in [-0.25, -0.2) is 0 Å². The first-order valence-corrected chi connectivity index (χ1v) is 9.75. The van der Waals surface area contributed by atoms with Gasteiger partial charge in [0.05, 0.1) is 13.2 Å². The molecule has 0 radical (unpaired) electrons. The molecule has 2 aromatic carbocycles. The maximum Gasteiger partial charge on any atom is 0.161 e. The van der Waals surface area contributed by atoms with Crippen molar-refractivity contribution in [2.45, 2.75) is 20.1 Å². The molecule has 0 atom stereocenters. The number of aliphatic hydroxyl groups excluding tert-OH is 1. The van der Waals surface area contributed by atoms with Crippen LogP contribution in [0.4, 0.5) is 0 Å². The van der Waals surface area contributed by atoms with Crippen LogP contribution in [-0.4, -0.2) is 38.0 Å². The summed E-state index contributed by atoms with van der Waals surface area (Å²) in [5.74, 6) is 1.35. The molecule has 148 valence electrons. The van der Waals surface area contributed by atoms with E-state index >= 15 is 0 Å². The SMILES string of the molecule is CCOc1cc(CNCCNCCO)ccc1OCc1c(Cl)cccc1Cl. The van der Waals surface area contributed by atoms with Crippen LogP contribution in [0.2, 0.25) is 10.0 Å². The maximum absolute atomic E-state index is 8.73. The smallest absolute Gasteiger partial charge is 0.161 e. The molecule has 0 heterocycles. The lowest BCUT2D eigenvalue weighted by Crippen LogP contribution is -2.28. The Morgan fingerprint density at radius 3 is 2.37 bits per heavy atom. The van der Waals surface area contributed by atoms with Gasteiger partial charge in [0.15, 0.2) is 11.5 Å². The molecule has 0 aliphatic carbocycles. The maximum atomic E-state index is 8.73. The summed E-state index contributed by atoms with van der Waals surface area (Å²) in [6.07, 6.45) is 0. The summed E-state index contributed by atoms with van der Waals surface area (Å²) in [6, 6.07) is 11.3. The average Bonchev–Trinajstić information content (AvgIpc) is 2.66. The molecule has 5 nitrogen and oxygen atoms in total. The van der Waals surface area contributed by atoms with Gasteiger partial charge in [-0.1, -0.05) is 35.3 Å². The minimum atomic E-state index is 0.151. The van der Waals surface area contributed by atoms with Gasteiger partial charge in [0.25, 0.3) is 0 Å². The second-order valence-corrected chi connectivity index (χ2v) is 6.67. The topological polar surface area (TPSA) is 62.8 Å². The second-order valence-electron chi connectivity index (χ2n) is 5.85. The van der Waals surface area contributed by atoms with E-state index in [9.17, 15) is 0 Å². The summed E-state index contributed by atoms with van der Waals surface area (Å²) in [4.78, 5) is 0. The number of ether oxygens (including phenoxy) is 2. The van der Waals surface area contributed by atoms with Gasteiger partial charge >= 0.3 is 0 Å². The number of rotatable bonds is 12. The van der Waals surface area contributed by atoms with Crippen LogP contribution in [0.1, 0.15) is 18.1 Å². The summed E-state index contributed by atoms with van der Waals surface area (Å²) in [6.45, 7) is 5.85.